The van der Waals surface area contributed by atoms with E-state index in [2.05, 4.69) is 5.32 Å². The van der Waals surface area contributed by atoms with Gasteiger partial charge in [-0.3, -0.25) is 14.5 Å². The first-order valence-corrected chi connectivity index (χ1v) is 8.47. The van der Waals surface area contributed by atoms with Crippen LogP contribution in [0.5, 0.6) is 0 Å². The van der Waals surface area contributed by atoms with Crippen molar-refractivity contribution >= 4 is 11.9 Å². The van der Waals surface area contributed by atoms with Gasteiger partial charge in [-0.25, -0.2) is 0 Å². The maximum Gasteiger partial charge on any atom is 0.317 e. The molecule has 0 aliphatic heterocycles. The molecule has 1 fully saturated rings. The quantitative estimate of drug-likeness (QED) is 0.720. The lowest BCUT2D eigenvalue weighted by Gasteiger charge is -2.42. The van der Waals surface area contributed by atoms with Crippen LogP contribution >= 0.6 is 0 Å². The van der Waals surface area contributed by atoms with Crippen molar-refractivity contribution in [2.24, 2.45) is 0 Å². The zero-order valence-corrected chi connectivity index (χ0v) is 14.3. The maximum atomic E-state index is 12.5. The molecule has 0 spiro atoms. The lowest BCUT2D eigenvalue weighted by Crippen LogP contribution is -2.55. The summed E-state index contributed by atoms with van der Waals surface area (Å²) in [6.45, 7) is 5.03. The summed E-state index contributed by atoms with van der Waals surface area (Å²) >= 11 is 0. The molecule has 1 saturated carbocycles. The second-order valence-electron chi connectivity index (χ2n) is 6.03. The topological polar surface area (TPSA) is 78.9 Å². The number of amides is 1. The van der Waals surface area contributed by atoms with E-state index in [0.717, 1.165) is 18.4 Å². The second-order valence-corrected chi connectivity index (χ2v) is 6.03. The van der Waals surface area contributed by atoms with Crippen molar-refractivity contribution in [1.82, 2.24) is 10.2 Å². The summed E-state index contributed by atoms with van der Waals surface area (Å²) in [5.74, 6) is -0.947. The van der Waals surface area contributed by atoms with E-state index in [1.54, 1.807) is 0 Å². The number of carboxylic acid groups (broad SMARTS) is 1. The SMILES string of the molecule is CCO[C@@H](C(=O)NC1CC(N(CC)CC(=O)O)C1)c1ccccc1. The van der Waals surface area contributed by atoms with Gasteiger partial charge in [0.1, 0.15) is 0 Å². The maximum absolute atomic E-state index is 12.5. The fourth-order valence-corrected chi connectivity index (χ4v) is 3.07. The van der Waals surface area contributed by atoms with Crippen molar-refractivity contribution in [3.63, 3.8) is 0 Å². The molecule has 0 aromatic heterocycles. The summed E-state index contributed by atoms with van der Waals surface area (Å²) in [6, 6.07) is 9.75. The fraction of sp³-hybridized carbons (Fsp3) is 0.556. The molecule has 24 heavy (non-hydrogen) atoms. The van der Waals surface area contributed by atoms with E-state index in [9.17, 15) is 9.59 Å². The lowest BCUT2D eigenvalue weighted by atomic mass is 9.85. The van der Waals surface area contributed by atoms with Crippen LogP contribution in [0.3, 0.4) is 0 Å². The molecule has 0 heterocycles. The van der Waals surface area contributed by atoms with Crippen LogP contribution < -0.4 is 5.32 Å². The Balaban J connectivity index is 1.87. The standard InChI is InChI=1S/C18H26N2O4/c1-3-20(12-16(21)22)15-10-14(11-15)19-18(23)17(24-4-2)13-8-6-5-7-9-13/h5-9,14-15,17H,3-4,10-12H2,1-2H3,(H,19,23)(H,21,22)/t14?,15?,17-/m1/s1. The number of carbonyl (C=O) groups is 2. The number of rotatable bonds is 9. The summed E-state index contributed by atoms with van der Waals surface area (Å²) in [7, 11) is 0. The number of nitrogens with one attached hydrogen (secondary N) is 1. The highest BCUT2D eigenvalue weighted by Crippen LogP contribution is 2.27. The second kappa shape index (κ2) is 8.80. The minimum atomic E-state index is -0.815. The van der Waals surface area contributed by atoms with E-state index in [1.807, 2.05) is 49.1 Å². The smallest absolute Gasteiger partial charge is 0.317 e. The molecular weight excluding hydrogens is 308 g/mol. The zero-order valence-electron chi connectivity index (χ0n) is 14.3. The van der Waals surface area contributed by atoms with Crippen LogP contribution in [0.2, 0.25) is 0 Å². The van der Waals surface area contributed by atoms with Crippen molar-refractivity contribution in [2.45, 2.75) is 44.9 Å². The van der Waals surface area contributed by atoms with Crippen molar-refractivity contribution < 1.29 is 19.4 Å². The Morgan fingerprint density at radius 2 is 1.96 bits per heavy atom. The van der Waals surface area contributed by atoms with Crippen molar-refractivity contribution in [3.8, 4) is 0 Å². The number of nitrogens with zero attached hydrogens (tertiary/aromatic N) is 1. The molecule has 1 aromatic carbocycles. The molecule has 1 amide bonds. The van der Waals surface area contributed by atoms with Crippen LogP contribution in [-0.4, -0.2) is 53.7 Å². The van der Waals surface area contributed by atoms with Gasteiger partial charge in [-0.2, -0.15) is 0 Å². The van der Waals surface area contributed by atoms with E-state index < -0.39 is 12.1 Å². The summed E-state index contributed by atoms with van der Waals surface area (Å²) in [4.78, 5) is 25.3. The van der Waals surface area contributed by atoms with E-state index in [4.69, 9.17) is 9.84 Å². The van der Waals surface area contributed by atoms with Gasteiger partial charge in [0.15, 0.2) is 6.10 Å². The van der Waals surface area contributed by atoms with E-state index >= 15 is 0 Å². The van der Waals surface area contributed by atoms with Crippen LogP contribution in [0.1, 0.15) is 38.4 Å². The monoisotopic (exact) mass is 334 g/mol. The number of hydrogen-bond donors (Lipinski definition) is 2. The fourth-order valence-electron chi connectivity index (χ4n) is 3.07. The molecule has 0 saturated heterocycles. The molecular formula is C18H26N2O4. The summed E-state index contributed by atoms with van der Waals surface area (Å²) in [6.07, 6.45) is 0.956. The first kappa shape index (κ1) is 18.4. The third-order valence-electron chi connectivity index (χ3n) is 4.39. The minimum Gasteiger partial charge on any atom is -0.480 e. The van der Waals surface area contributed by atoms with Gasteiger partial charge in [0.2, 0.25) is 0 Å². The molecule has 2 rings (SSSR count). The van der Waals surface area contributed by atoms with Crippen LogP contribution in [0.25, 0.3) is 0 Å². The van der Waals surface area contributed by atoms with Crippen molar-refractivity contribution in [3.05, 3.63) is 35.9 Å². The molecule has 1 aliphatic rings. The third kappa shape index (κ3) is 4.79. The molecule has 2 N–H and O–H groups in total. The Hall–Kier alpha value is -1.92. The predicted octanol–water partition coefficient (Wildman–Crippen LogP) is 1.82. The lowest BCUT2D eigenvalue weighted by molar-refractivity contribution is -0.140. The normalized spacial score (nSPS) is 21.1. The number of carboxylic acids is 1. The highest BCUT2D eigenvalue weighted by atomic mass is 16.5. The molecule has 0 unspecified atom stereocenters. The average Bonchev–Trinajstić information content (AvgIpc) is 2.54. The highest BCUT2D eigenvalue weighted by molar-refractivity contribution is 5.82. The molecule has 0 bridgehead atoms. The zero-order chi connectivity index (χ0) is 17.5. The molecule has 6 heteroatoms. The number of carbonyl (C=O) groups excluding carboxylic acids is 1. The molecule has 0 radical (unpaired) electrons. The summed E-state index contributed by atoms with van der Waals surface area (Å²) in [5.41, 5.74) is 0.841. The van der Waals surface area contributed by atoms with Gasteiger partial charge in [0.25, 0.3) is 5.91 Å². The predicted molar refractivity (Wildman–Crippen MR) is 90.6 cm³/mol. The van der Waals surface area contributed by atoms with Gasteiger partial charge in [-0.05, 0) is 31.9 Å². The van der Waals surface area contributed by atoms with Crippen molar-refractivity contribution in [2.75, 3.05) is 19.7 Å². The molecule has 1 aliphatic carbocycles. The molecule has 1 aromatic rings. The van der Waals surface area contributed by atoms with E-state index in [-0.39, 0.29) is 24.5 Å². The summed E-state index contributed by atoms with van der Waals surface area (Å²) < 4.78 is 5.61. The van der Waals surface area contributed by atoms with Gasteiger partial charge >= 0.3 is 5.97 Å². The number of ether oxygens (including phenoxy) is 1. The Morgan fingerprint density at radius 1 is 1.29 bits per heavy atom. The van der Waals surface area contributed by atoms with E-state index in [1.165, 1.54) is 0 Å². The van der Waals surface area contributed by atoms with Gasteiger partial charge in [0, 0.05) is 18.7 Å². The Bertz CT molecular complexity index is 543. The van der Waals surface area contributed by atoms with Crippen LogP contribution in [0, 0.1) is 0 Å². The number of benzene rings is 1. The number of hydrogen-bond acceptors (Lipinski definition) is 4. The first-order valence-electron chi connectivity index (χ1n) is 8.47. The number of aliphatic carboxylic acids is 1. The number of likely N-dealkylation sites (N-methyl/N-ethyl adjacent to an activating group) is 1. The van der Waals surface area contributed by atoms with Crippen LogP contribution in [-0.2, 0) is 14.3 Å². The van der Waals surface area contributed by atoms with Crippen LogP contribution in [0.4, 0.5) is 0 Å². The average molecular weight is 334 g/mol. The summed E-state index contributed by atoms with van der Waals surface area (Å²) in [5, 5.41) is 11.9. The first-order chi connectivity index (χ1) is 11.5. The van der Waals surface area contributed by atoms with Gasteiger partial charge in [-0.1, -0.05) is 37.3 Å². The molecule has 1 atom stereocenters. The van der Waals surface area contributed by atoms with Crippen LogP contribution in [0.15, 0.2) is 30.3 Å². The van der Waals surface area contributed by atoms with Crippen molar-refractivity contribution in [1.29, 1.82) is 0 Å². The Kier molecular flexibility index (Phi) is 6.75. The Morgan fingerprint density at radius 3 is 2.50 bits per heavy atom. The Labute approximate surface area is 142 Å². The molecule has 6 nitrogen and oxygen atoms in total. The largest absolute Gasteiger partial charge is 0.480 e. The van der Waals surface area contributed by atoms with Gasteiger partial charge in [-0.15, -0.1) is 0 Å². The minimum absolute atomic E-state index is 0.0490. The van der Waals surface area contributed by atoms with Gasteiger partial charge < -0.3 is 15.2 Å². The van der Waals surface area contributed by atoms with E-state index in [0.29, 0.717) is 13.2 Å². The highest BCUT2D eigenvalue weighted by Gasteiger charge is 2.36. The third-order valence-corrected chi connectivity index (χ3v) is 4.39. The van der Waals surface area contributed by atoms with Gasteiger partial charge in [0.05, 0.1) is 6.54 Å². The molecule has 132 valence electrons.